The van der Waals surface area contributed by atoms with Crippen LogP contribution in [0.5, 0.6) is 0 Å². The molecule has 0 unspecified atom stereocenters. The molecule has 2 aliphatic heterocycles. The maximum Gasteiger partial charge on any atom is 0.220 e. The van der Waals surface area contributed by atoms with Gasteiger partial charge >= 0.3 is 0 Å². The van der Waals surface area contributed by atoms with Crippen LogP contribution >= 0.6 is 0 Å². The van der Waals surface area contributed by atoms with Crippen molar-refractivity contribution < 1.29 is 9.90 Å². The van der Waals surface area contributed by atoms with E-state index < -0.39 is 0 Å². The Kier molecular flexibility index (Phi) is 4.29. The molecule has 2 fully saturated rings. The minimum Gasteiger partial charge on any atom is -0.393 e. The molecule has 1 atom stereocenters. The summed E-state index contributed by atoms with van der Waals surface area (Å²) in [6.45, 7) is 6.01. The number of amides is 1. The first-order valence-corrected chi connectivity index (χ1v) is 8.10. The van der Waals surface area contributed by atoms with Crippen molar-refractivity contribution in [2.45, 2.75) is 51.7 Å². The predicted molar refractivity (Wildman–Crippen MR) is 83.6 cm³/mol. The Labute approximate surface area is 131 Å². The molecule has 0 saturated carbocycles. The molecule has 3 heterocycles. The topological polar surface area (TPSA) is 69.6 Å². The molecule has 2 aliphatic rings. The lowest BCUT2D eigenvalue weighted by atomic mass is 10.1. The third-order valence-corrected chi connectivity index (χ3v) is 4.60. The van der Waals surface area contributed by atoms with Crippen LogP contribution in [0.4, 0.5) is 5.82 Å². The Hall–Kier alpha value is -1.69. The normalized spacial score (nSPS) is 23.1. The van der Waals surface area contributed by atoms with Crippen molar-refractivity contribution >= 4 is 11.7 Å². The van der Waals surface area contributed by atoms with Gasteiger partial charge in [0.05, 0.1) is 12.1 Å². The highest BCUT2D eigenvalue weighted by Gasteiger charge is 2.31. The molecule has 6 nitrogen and oxygen atoms in total. The number of anilines is 1. The van der Waals surface area contributed by atoms with Gasteiger partial charge in [0, 0.05) is 38.3 Å². The summed E-state index contributed by atoms with van der Waals surface area (Å²) < 4.78 is 0. The monoisotopic (exact) mass is 304 g/mol. The fraction of sp³-hybridized carbons (Fsp3) is 0.688. The second-order valence-corrected chi connectivity index (χ2v) is 6.31. The van der Waals surface area contributed by atoms with E-state index in [-0.39, 0.29) is 18.1 Å². The van der Waals surface area contributed by atoms with Gasteiger partial charge < -0.3 is 14.9 Å². The molecule has 1 aromatic rings. The summed E-state index contributed by atoms with van der Waals surface area (Å²) in [5.41, 5.74) is 0.932. The molecular weight excluding hydrogens is 280 g/mol. The van der Waals surface area contributed by atoms with E-state index in [4.69, 9.17) is 4.98 Å². The molecule has 0 aliphatic carbocycles. The van der Waals surface area contributed by atoms with E-state index >= 15 is 0 Å². The number of rotatable bonds is 2. The van der Waals surface area contributed by atoms with E-state index in [0.717, 1.165) is 62.7 Å². The number of carbonyl (C=O) groups is 1. The van der Waals surface area contributed by atoms with Crippen LogP contribution in [0.25, 0.3) is 0 Å². The average Bonchev–Trinajstić information content (AvgIpc) is 2.97. The molecule has 2 saturated heterocycles. The third kappa shape index (κ3) is 3.06. The van der Waals surface area contributed by atoms with Crippen molar-refractivity contribution in [2.75, 3.05) is 24.5 Å². The van der Waals surface area contributed by atoms with Gasteiger partial charge in [-0.05, 0) is 32.6 Å². The van der Waals surface area contributed by atoms with E-state index in [9.17, 15) is 9.90 Å². The Morgan fingerprint density at radius 1 is 1.23 bits per heavy atom. The molecule has 120 valence electrons. The van der Waals surface area contributed by atoms with E-state index in [2.05, 4.69) is 9.88 Å². The van der Waals surface area contributed by atoms with E-state index in [0.29, 0.717) is 0 Å². The maximum atomic E-state index is 11.8. The molecule has 1 amide bonds. The summed E-state index contributed by atoms with van der Waals surface area (Å²) in [5.74, 6) is 1.77. The summed E-state index contributed by atoms with van der Waals surface area (Å²) >= 11 is 0. The Morgan fingerprint density at radius 2 is 1.95 bits per heavy atom. The molecule has 0 radical (unpaired) electrons. The van der Waals surface area contributed by atoms with Crippen LogP contribution in [0, 0.1) is 6.92 Å². The lowest BCUT2D eigenvalue weighted by molar-refractivity contribution is -0.129. The van der Waals surface area contributed by atoms with E-state index in [1.54, 1.807) is 6.92 Å². The number of aliphatic hydroxyl groups excluding tert-OH is 1. The van der Waals surface area contributed by atoms with Gasteiger partial charge in [0.1, 0.15) is 5.82 Å². The Morgan fingerprint density at radius 3 is 2.64 bits per heavy atom. The number of aryl methyl sites for hydroxylation is 1. The lowest BCUT2D eigenvalue weighted by Gasteiger charge is -2.31. The van der Waals surface area contributed by atoms with Crippen molar-refractivity contribution in [3.8, 4) is 0 Å². The molecular formula is C16H24N4O2. The summed E-state index contributed by atoms with van der Waals surface area (Å²) in [5, 5.41) is 9.65. The highest BCUT2D eigenvalue weighted by atomic mass is 16.3. The second-order valence-electron chi connectivity index (χ2n) is 6.31. The van der Waals surface area contributed by atoms with Crippen molar-refractivity contribution in [2.24, 2.45) is 0 Å². The number of nitrogens with zero attached hydrogens (tertiary/aromatic N) is 4. The summed E-state index contributed by atoms with van der Waals surface area (Å²) in [6, 6.07) is 2.00. The molecule has 1 N–H and O–H groups in total. The van der Waals surface area contributed by atoms with Gasteiger partial charge in [0.15, 0.2) is 5.82 Å². The van der Waals surface area contributed by atoms with Crippen molar-refractivity contribution in [3.05, 3.63) is 17.6 Å². The minimum atomic E-state index is -0.193. The SMILES string of the molecule is CC(=O)N1CCC[C@H]1c1nc(C)cc(N2CCC(O)CC2)n1. The fourth-order valence-electron chi connectivity index (χ4n) is 3.39. The smallest absolute Gasteiger partial charge is 0.220 e. The first kappa shape index (κ1) is 15.2. The number of aliphatic hydroxyl groups is 1. The molecule has 22 heavy (non-hydrogen) atoms. The van der Waals surface area contributed by atoms with Gasteiger partial charge in [-0.2, -0.15) is 0 Å². The standard InChI is InChI=1S/C16H24N4O2/c1-11-10-15(19-8-5-13(22)6-9-19)18-16(17-11)14-4-3-7-20(14)12(2)21/h10,13-14,22H,3-9H2,1-2H3/t14-/m0/s1. The minimum absolute atomic E-state index is 0.00605. The van der Waals surface area contributed by atoms with Crippen LogP contribution in [0.2, 0.25) is 0 Å². The van der Waals surface area contributed by atoms with Crippen LogP contribution in [-0.2, 0) is 4.79 Å². The first-order valence-electron chi connectivity index (χ1n) is 8.10. The van der Waals surface area contributed by atoms with Crippen LogP contribution in [0.1, 0.15) is 50.2 Å². The third-order valence-electron chi connectivity index (χ3n) is 4.60. The zero-order valence-corrected chi connectivity index (χ0v) is 13.3. The average molecular weight is 304 g/mol. The van der Waals surface area contributed by atoms with Crippen LogP contribution in [-0.4, -0.2) is 51.6 Å². The quantitative estimate of drug-likeness (QED) is 0.895. The predicted octanol–water partition coefficient (Wildman–Crippen LogP) is 1.43. The van der Waals surface area contributed by atoms with E-state index in [1.807, 2.05) is 17.9 Å². The summed E-state index contributed by atoms with van der Waals surface area (Å²) in [4.78, 5) is 25.2. The highest BCUT2D eigenvalue weighted by Crippen LogP contribution is 2.31. The Bertz CT molecular complexity index is 555. The zero-order chi connectivity index (χ0) is 15.7. The molecule has 0 spiro atoms. The van der Waals surface area contributed by atoms with Gasteiger partial charge in [-0.3, -0.25) is 4.79 Å². The number of carbonyl (C=O) groups excluding carboxylic acids is 1. The summed E-state index contributed by atoms with van der Waals surface area (Å²) in [6.07, 6.45) is 3.30. The van der Waals surface area contributed by atoms with Crippen molar-refractivity contribution in [1.29, 1.82) is 0 Å². The number of hydrogen-bond acceptors (Lipinski definition) is 5. The highest BCUT2D eigenvalue weighted by molar-refractivity contribution is 5.74. The first-order chi connectivity index (χ1) is 10.5. The van der Waals surface area contributed by atoms with Crippen LogP contribution in [0.15, 0.2) is 6.07 Å². The number of aromatic nitrogens is 2. The molecule has 0 aromatic carbocycles. The Balaban J connectivity index is 1.85. The number of hydrogen-bond donors (Lipinski definition) is 1. The molecule has 6 heteroatoms. The summed E-state index contributed by atoms with van der Waals surface area (Å²) in [7, 11) is 0. The van der Waals surface area contributed by atoms with Crippen molar-refractivity contribution in [3.63, 3.8) is 0 Å². The van der Waals surface area contributed by atoms with Gasteiger partial charge in [0.25, 0.3) is 0 Å². The fourth-order valence-corrected chi connectivity index (χ4v) is 3.39. The van der Waals surface area contributed by atoms with Gasteiger partial charge in [-0.15, -0.1) is 0 Å². The zero-order valence-electron chi connectivity index (χ0n) is 13.3. The lowest BCUT2D eigenvalue weighted by Crippen LogP contribution is -2.37. The largest absolute Gasteiger partial charge is 0.393 e. The van der Waals surface area contributed by atoms with Crippen molar-refractivity contribution in [1.82, 2.24) is 14.9 Å². The van der Waals surface area contributed by atoms with Gasteiger partial charge in [-0.25, -0.2) is 9.97 Å². The maximum absolute atomic E-state index is 11.8. The van der Waals surface area contributed by atoms with Crippen LogP contribution < -0.4 is 4.90 Å². The number of piperidine rings is 1. The van der Waals surface area contributed by atoms with Gasteiger partial charge in [-0.1, -0.05) is 0 Å². The second kappa shape index (κ2) is 6.20. The van der Waals surface area contributed by atoms with Gasteiger partial charge in [0.2, 0.25) is 5.91 Å². The van der Waals surface area contributed by atoms with E-state index in [1.165, 1.54) is 0 Å². The molecule has 0 bridgehead atoms. The molecule has 3 rings (SSSR count). The number of likely N-dealkylation sites (tertiary alicyclic amines) is 1. The molecule has 1 aromatic heterocycles. The van der Waals surface area contributed by atoms with Crippen LogP contribution in [0.3, 0.4) is 0 Å².